The number of nitriles is 2. The van der Waals surface area contributed by atoms with Crippen LogP contribution in [0.4, 0.5) is 0 Å². The fraction of sp³-hybridized carbons (Fsp3) is 0.235. The third-order valence-electron chi connectivity index (χ3n) is 6.20. The molecule has 4 unspecified atom stereocenters. The van der Waals surface area contributed by atoms with Gasteiger partial charge in [0.2, 0.25) is 0 Å². The largest absolute Gasteiger partial charge is 0.295 e. The Morgan fingerprint density at radius 3 is 1.08 bits per heavy atom. The van der Waals surface area contributed by atoms with E-state index in [1.807, 2.05) is 97.1 Å². The second-order valence-electron chi connectivity index (χ2n) is 9.46. The van der Waals surface area contributed by atoms with E-state index in [-0.39, 0.29) is 24.2 Å². The van der Waals surface area contributed by atoms with E-state index in [0.717, 1.165) is 24.0 Å². The highest BCUT2D eigenvalue weighted by Crippen LogP contribution is 2.15. The zero-order chi connectivity index (χ0) is 27.0. The molecule has 0 aromatic heterocycles. The van der Waals surface area contributed by atoms with Gasteiger partial charge in [0.15, 0.2) is 0 Å². The smallest absolute Gasteiger partial charge is 0.121 e. The highest BCUT2D eigenvalue weighted by molar-refractivity contribution is 5.25. The number of hydrogen-bond acceptors (Lipinski definition) is 4. The second kappa shape index (κ2) is 15.8. The van der Waals surface area contributed by atoms with Gasteiger partial charge >= 0.3 is 0 Å². The van der Waals surface area contributed by atoms with Gasteiger partial charge in [-0.15, -0.1) is 0 Å². The van der Waals surface area contributed by atoms with Gasteiger partial charge in [-0.2, -0.15) is 10.5 Å². The van der Waals surface area contributed by atoms with Crippen molar-refractivity contribution in [2.75, 3.05) is 0 Å². The highest BCUT2D eigenvalue weighted by atomic mass is 14.9. The lowest BCUT2D eigenvalue weighted by Crippen LogP contribution is -2.31. The summed E-state index contributed by atoms with van der Waals surface area (Å²) in [6, 6.07) is 45.0. The summed E-state index contributed by atoms with van der Waals surface area (Å²) in [5, 5.41) is 25.3. The first-order valence-electron chi connectivity index (χ1n) is 13.1. The van der Waals surface area contributed by atoms with Crippen LogP contribution in [0.5, 0.6) is 0 Å². The van der Waals surface area contributed by atoms with Crippen molar-refractivity contribution in [3.63, 3.8) is 0 Å². The standard InChI is InChI=1S/2C17H18N2/c2*1-14(12-15-8-4-2-5-9-15)19-17(13-18)16-10-6-3-7-11-16/h2*2-11,14,17,19H,12H2,1H3. The molecule has 38 heavy (non-hydrogen) atoms. The fourth-order valence-electron chi connectivity index (χ4n) is 4.33. The quantitative estimate of drug-likeness (QED) is 0.247. The molecule has 4 rings (SSSR count). The summed E-state index contributed by atoms with van der Waals surface area (Å²) in [6.07, 6.45) is 1.84. The van der Waals surface area contributed by atoms with Crippen LogP contribution in [0.1, 0.15) is 48.2 Å². The van der Waals surface area contributed by atoms with Crippen LogP contribution in [0, 0.1) is 22.7 Å². The van der Waals surface area contributed by atoms with E-state index in [0.29, 0.717) is 0 Å². The van der Waals surface area contributed by atoms with Crippen LogP contribution < -0.4 is 10.6 Å². The molecule has 0 radical (unpaired) electrons. The maximum atomic E-state index is 9.28. The predicted octanol–water partition coefficient (Wildman–Crippen LogP) is 6.94. The van der Waals surface area contributed by atoms with Crippen molar-refractivity contribution >= 4 is 0 Å². The minimum Gasteiger partial charge on any atom is -0.295 e. The third kappa shape index (κ3) is 9.68. The van der Waals surface area contributed by atoms with Crippen LogP contribution in [0.25, 0.3) is 0 Å². The number of rotatable bonds is 10. The molecule has 4 atom stereocenters. The average Bonchev–Trinajstić information content (AvgIpc) is 2.97. The van der Waals surface area contributed by atoms with E-state index >= 15 is 0 Å². The molecular formula is C34H36N4. The normalized spacial score (nSPS) is 13.5. The van der Waals surface area contributed by atoms with Crippen molar-refractivity contribution in [3.8, 4) is 12.1 Å². The van der Waals surface area contributed by atoms with E-state index < -0.39 is 0 Å². The highest BCUT2D eigenvalue weighted by Gasteiger charge is 2.14. The zero-order valence-corrected chi connectivity index (χ0v) is 22.2. The summed E-state index contributed by atoms with van der Waals surface area (Å²) in [5.74, 6) is 0. The Hall–Kier alpha value is -4.22. The Morgan fingerprint density at radius 2 is 0.789 bits per heavy atom. The minimum absolute atomic E-state index is 0.250. The molecule has 0 aliphatic heterocycles. The summed E-state index contributed by atoms with van der Waals surface area (Å²) in [7, 11) is 0. The molecule has 4 heteroatoms. The van der Waals surface area contributed by atoms with Crippen molar-refractivity contribution in [3.05, 3.63) is 144 Å². The van der Waals surface area contributed by atoms with Crippen LogP contribution in [0.15, 0.2) is 121 Å². The summed E-state index contributed by atoms with van der Waals surface area (Å²) in [4.78, 5) is 0. The van der Waals surface area contributed by atoms with E-state index in [1.165, 1.54) is 11.1 Å². The molecule has 0 amide bonds. The first-order chi connectivity index (χ1) is 18.6. The molecule has 0 bridgehead atoms. The minimum atomic E-state index is -0.250. The number of hydrogen-bond donors (Lipinski definition) is 2. The molecule has 0 saturated carbocycles. The maximum absolute atomic E-state index is 9.28. The molecule has 4 nitrogen and oxygen atoms in total. The van der Waals surface area contributed by atoms with Gasteiger partial charge in [-0.1, -0.05) is 121 Å². The second-order valence-corrected chi connectivity index (χ2v) is 9.46. The van der Waals surface area contributed by atoms with Gasteiger partial charge in [0.25, 0.3) is 0 Å². The van der Waals surface area contributed by atoms with Gasteiger partial charge in [0.1, 0.15) is 12.1 Å². The van der Waals surface area contributed by atoms with E-state index in [9.17, 15) is 10.5 Å². The number of nitrogens with one attached hydrogen (secondary N) is 2. The Morgan fingerprint density at radius 1 is 0.500 bits per heavy atom. The van der Waals surface area contributed by atoms with Crippen molar-refractivity contribution in [2.24, 2.45) is 0 Å². The topological polar surface area (TPSA) is 71.6 Å². The maximum Gasteiger partial charge on any atom is 0.121 e. The lowest BCUT2D eigenvalue weighted by molar-refractivity contribution is 0.510. The van der Waals surface area contributed by atoms with E-state index in [1.54, 1.807) is 0 Å². The first kappa shape index (κ1) is 28.4. The van der Waals surface area contributed by atoms with Gasteiger partial charge < -0.3 is 0 Å². The van der Waals surface area contributed by atoms with Crippen LogP contribution in [-0.2, 0) is 12.8 Å². The molecular weight excluding hydrogens is 464 g/mol. The lowest BCUT2D eigenvalue weighted by atomic mass is 10.0. The molecule has 0 spiro atoms. The van der Waals surface area contributed by atoms with Crippen molar-refractivity contribution in [2.45, 2.75) is 50.9 Å². The molecule has 0 saturated heterocycles. The van der Waals surface area contributed by atoms with Gasteiger partial charge in [-0.3, -0.25) is 10.6 Å². The summed E-state index contributed by atoms with van der Waals surface area (Å²) >= 11 is 0. The SMILES string of the molecule is CC(Cc1ccccc1)NC(C#N)c1ccccc1.CC(Cc1ccccc1)NC(C#N)c1ccccc1. The van der Waals surface area contributed by atoms with E-state index in [2.05, 4.69) is 60.9 Å². The Labute approximate surface area is 227 Å². The summed E-state index contributed by atoms with van der Waals surface area (Å²) in [6.45, 7) is 4.22. The monoisotopic (exact) mass is 500 g/mol. The zero-order valence-electron chi connectivity index (χ0n) is 22.2. The fourth-order valence-corrected chi connectivity index (χ4v) is 4.33. The van der Waals surface area contributed by atoms with Crippen LogP contribution in [-0.4, -0.2) is 12.1 Å². The molecule has 192 valence electrons. The Bertz CT molecular complexity index is 1160. The van der Waals surface area contributed by atoms with Crippen LogP contribution in [0.2, 0.25) is 0 Å². The summed E-state index contributed by atoms with van der Waals surface area (Å²) < 4.78 is 0. The molecule has 2 N–H and O–H groups in total. The van der Waals surface area contributed by atoms with Crippen molar-refractivity contribution < 1.29 is 0 Å². The van der Waals surface area contributed by atoms with Crippen LogP contribution >= 0.6 is 0 Å². The molecule has 4 aromatic rings. The van der Waals surface area contributed by atoms with E-state index in [4.69, 9.17) is 0 Å². The first-order valence-corrected chi connectivity index (χ1v) is 13.1. The predicted molar refractivity (Wildman–Crippen MR) is 155 cm³/mol. The Kier molecular flexibility index (Phi) is 11.8. The molecule has 0 aliphatic rings. The molecule has 0 heterocycles. The van der Waals surface area contributed by atoms with Gasteiger partial charge in [0, 0.05) is 12.1 Å². The molecule has 4 aromatic carbocycles. The number of benzene rings is 4. The Balaban J connectivity index is 0.000000211. The van der Waals surface area contributed by atoms with Crippen molar-refractivity contribution in [1.29, 1.82) is 10.5 Å². The summed E-state index contributed by atoms with van der Waals surface area (Å²) in [5.41, 5.74) is 4.61. The molecule has 0 aliphatic carbocycles. The van der Waals surface area contributed by atoms with Crippen molar-refractivity contribution in [1.82, 2.24) is 10.6 Å². The average molecular weight is 501 g/mol. The van der Waals surface area contributed by atoms with Gasteiger partial charge in [-0.25, -0.2) is 0 Å². The molecule has 0 fully saturated rings. The lowest BCUT2D eigenvalue weighted by Gasteiger charge is -2.18. The van der Waals surface area contributed by atoms with Crippen LogP contribution in [0.3, 0.4) is 0 Å². The van der Waals surface area contributed by atoms with Gasteiger partial charge in [-0.05, 0) is 48.9 Å². The number of nitrogens with zero attached hydrogens (tertiary/aromatic N) is 2. The van der Waals surface area contributed by atoms with Gasteiger partial charge in [0.05, 0.1) is 12.1 Å². The third-order valence-corrected chi connectivity index (χ3v) is 6.20.